The predicted octanol–water partition coefficient (Wildman–Crippen LogP) is 5.21. The van der Waals surface area contributed by atoms with E-state index in [0.29, 0.717) is 22.0 Å². The van der Waals surface area contributed by atoms with Gasteiger partial charge in [-0.1, -0.05) is 23.7 Å². The van der Waals surface area contributed by atoms with Crippen molar-refractivity contribution >= 4 is 40.5 Å². The fourth-order valence-electron chi connectivity index (χ4n) is 2.48. The molecule has 0 aliphatic carbocycles. The van der Waals surface area contributed by atoms with Crippen LogP contribution in [0.1, 0.15) is 29.9 Å². The molecular weight excluding hydrogens is 396 g/mol. The third-order valence-electron chi connectivity index (χ3n) is 3.71. The molecule has 144 valence electrons. The van der Waals surface area contributed by atoms with E-state index in [4.69, 9.17) is 16.3 Å². The summed E-state index contributed by atoms with van der Waals surface area (Å²) >= 11 is 7.48. The van der Waals surface area contributed by atoms with Crippen molar-refractivity contribution in [3.8, 4) is 10.6 Å². The maximum absolute atomic E-state index is 12.3. The van der Waals surface area contributed by atoms with Crippen molar-refractivity contribution in [3.63, 3.8) is 0 Å². The molecule has 3 rings (SSSR count). The molecule has 0 bridgehead atoms. The highest BCUT2D eigenvalue weighted by Gasteiger charge is 2.12. The molecule has 0 fully saturated rings. The Morgan fingerprint density at radius 2 is 1.93 bits per heavy atom. The Morgan fingerprint density at radius 1 is 1.18 bits per heavy atom. The van der Waals surface area contributed by atoms with Crippen LogP contribution in [-0.4, -0.2) is 23.0 Å². The van der Waals surface area contributed by atoms with Crippen LogP contribution in [0.15, 0.2) is 53.9 Å². The van der Waals surface area contributed by atoms with E-state index in [1.165, 1.54) is 11.3 Å². The van der Waals surface area contributed by atoms with Gasteiger partial charge in [0.2, 0.25) is 5.91 Å². The van der Waals surface area contributed by atoms with Gasteiger partial charge >= 0.3 is 5.97 Å². The average molecular weight is 415 g/mol. The summed E-state index contributed by atoms with van der Waals surface area (Å²) in [4.78, 5) is 28.6. The Morgan fingerprint density at radius 3 is 2.61 bits per heavy atom. The second-order valence-electron chi connectivity index (χ2n) is 6.41. The number of thiazole rings is 1. The summed E-state index contributed by atoms with van der Waals surface area (Å²) in [5, 5.41) is 6.13. The second kappa shape index (κ2) is 8.99. The molecule has 0 radical (unpaired) electrons. The first kappa shape index (κ1) is 20.0. The highest BCUT2D eigenvalue weighted by atomic mass is 35.5. The van der Waals surface area contributed by atoms with Gasteiger partial charge in [0.05, 0.1) is 23.8 Å². The number of amides is 1. The summed E-state index contributed by atoms with van der Waals surface area (Å²) < 4.78 is 5.14. The fraction of sp³-hybridized carbons (Fsp3) is 0.190. The van der Waals surface area contributed by atoms with Crippen LogP contribution in [0.25, 0.3) is 10.6 Å². The molecule has 2 aromatic carbocycles. The first-order chi connectivity index (χ1) is 13.4. The molecule has 1 N–H and O–H groups in total. The lowest BCUT2D eigenvalue weighted by atomic mass is 10.2. The van der Waals surface area contributed by atoms with Crippen LogP contribution >= 0.6 is 22.9 Å². The summed E-state index contributed by atoms with van der Waals surface area (Å²) in [6.07, 6.45) is -0.0180. The summed E-state index contributed by atoms with van der Waals surface area (Å²) in [5.41, 5.74) is 2.66. The summed E-state index contributed by atoms with van der Waals surface area (Å²) in [7, 11) is 0. The van der Waals surface area contributed by atoms with Gasteiger partial charge in [-0.3, -0.25) is 4.79 Å². The minimum absolute atomic E-state index is 0.161. The number of nitrogens with one attached hydrogen (secondary N) is 1. The maximum Gasteiger partial charge on any atom is 0.338 e. The molecule has 1 aromatic heterocycles. The lowest BCUT2D eigenvalue weighted by Crippen LogP contribution is -2.15. The van der Waals surface area contributed by atoms with Gasteiger partial charge in [-0.15, -0.1) is 11.3 Å². The van der Waals surface area contributed by atoms with Gasteiger partial charge in [-0.2, -0.15) is 0 Å². The smallest absolute Gasteiger partial charge is 0.338 e. The summed E-state index contributed by atoms with van der Waals surface area (Å²) in [6.45, 7) is 3.59. The third-order valence-corrected chi connectivity index (χ3v) is 4.89. The lowest BCUT2D eigenvalue weighted by Gasteiger charge is -2.09. The van der Waals surface area contributed by atoms with Crippen molar-refractivity contribution < 1.29 is 14.3 Å². The van der Waals surface area contributed by atoms with E-state index in [0.717, 1.165) is 10.6 Å². The van der Waals surface area contributed by atoms with Gasteiger partial charge in [0, 0.05) is 21.7 Å². The first-order valence-electron chi connectivity index (χ1n) is 8.72. The highest BCUT2D eigenvalue weighted by molar-refractivity contribution is 7.13. The minimum atomic E-state index is -0.385. The predicted molar refractivity (Wildman–Crippen MR) is 112 cm³/mol. The van der Waals surface area contributed by atoms with Crippen LogP contribution in [-0.2, 0) is 16.0 Å². The molecule has 0 saturated carbocycles. The van der Waals surface area contributed by atoms with Crippen LogP contribution < -0.4 is 5.32 Å². The van der Waals surface area contributed by atoms with Crippen molar-refractivity contribution in [2.45, 2.75) is 26.4 Å². The number of aromatic nitrogens is 1. The Hall–Kier alpha value is -2.70. The molecule has 0 aliphatic rings. The largest absolute Gasteiger partial charge is 0.459 e. The molecule has 5 nitrogen and oxygen atoms in total. The van der Waals surface area contributed by atoms with Crippen molar-refractivity contribution in [2.75, 3.05) is 5.32 Å². The van der Waals surface area contributed by atoms with Crippen LogP contribution in [0.5, 0.6) is 0 Å². The zero-order valence-corrected chi connectivity index (χ0v) is 17.0. The van der Waals surface area contributed by atoms with Crippen LogP contribution in [0.3, 0.4) is 0 Å². The fourth-order valence-corrected chi connectivity index (χ4v) is 3.49. The Kier molecular flexibility index (Phi) is 6.44. The number of ether oxygens (including phenoxy) is 1. The SMILES string of the molecule is CC(C)OC(=O)c1ccc(NC(=O)Cc2csc(-c3cccc(Cl)c3)n2)cc1. The van der Waals surface area contributed by atoms with Crippen LogP contribution in [0.4, 0.5) is 5.69 Å². The van der Waals surface area contributed by atoms with Gasteiger partial charge in [-0.25, -0.2) is 9.78 Å². The average Bonchev–Trinajstić information content (AvgIpc) is 3.10. The van der Waals surface area contributed by atoms with E-state index in [2.05, 4.69) is 10.3 Å². The Bertz CT molecular complexity index is 983. The number of hydrogen-bond donors (Lipinski definition) is 1. The molecule has 3 aromatic rings. The lowest BCUT2D eigenvalue weighted by molar-refractivity contribution is -0.115. The number of benzene rings is 2. The third kappa shape index (κ3) is 5.41. The monoisotopic (exact) mass is 414 g/mol. The van der Waals surface area contributed by atoms with E-state index in [1.54, 1.807) is 44.2 Å². The Labute approximate surface area is 172 Å². The molecule has 7 heteroatoms. The number of carbonyl (C=O) groups is 2. The quantitative estimate of drug-likeness (QED) is 0.562. The van der Waals surface area contributed by atoms with Crippen LogP contribution in [0.2, 0.25) is 5.02 Å². The standard InChI is InChI=1S/C21H19ClN2O3S/c1-13(2)27-21(26)14-6-8-17(9-7-14)23-19(25)11-18-12-28-20(24-18)15-4-3-5-16(22)10-15/h3-10,12-13H,11H2,1-2H3,(H,23,25). The number of rotatable bonds is 6. The zero-order valence-electron chi connectivity index (χ0n) is 15.4. The van der Waals surface area contributed by atoms with Gasteiger partial charge in [0.25, 0.3) is 0 Å². The van der Waals surface area contributed by atoms with Gasteiger partial charge in [0.1, 0.15) is 5.01 Å². The highest BCUT2D eigenvalue weighted by Crippen LogP contribution is 2.26. The van der Waals surface area contributed by atoms with Crippen molar-refractivity contribution in [2.24, 2.45) is 0 Å². The summed E-state index contributed by atoms with van der Waals surface area (Å²) in [5.74, 6) is -0.565. The van der Waals surface area contributed by atoms with E-state index in [1.807, 2.05) is 23.6 Å². The second-order valence-corrected chi connectivity index (χ2v) is 7.71. The van der Waals surface area contributed by atoms with Crippen molar-refractivity contribution in [1.29, 1.82) is 0 Å². The number of carbonyl (C=O) groups excluding carboxylic acids is 2. The molecule has 0 spiro atoms. The number of hydrogen-bond acceptors (Lipinski definition) is 5. The zero-order chi connectivity index (χ0) is 20.1. The molecule has 0 unspecified atom stereocenters. The van der Waals surface area contributed by atoms with Crippen molar-refractivity contribution in [3.05, 3.63) is 70.2 Å². The molecule has 0 atom stereocenters. The molecule has 28 heavy (non-hydrogen) atoms. The molecule has 0 saturated heterocycles. The van der Waals surface area contributed by atoms with E-state index < -0.39 is 0 Å². The van der Waals surface area contributed by atoms with Crippen LogP contribution in [0, 0.1) is 0 Å². The van der Waals surface area contributed by atoms with Gasteiger partial charge < -0.3 is 10.1 Å². The molecule has 1 amide bonds. The summed E-state index contributed by atoms with van der Waals surface area (Å²) in [6, 6.07) is 14.0. The molecular formula is C21H19ClN2O3S. The van der Waals surface area contributed by atoms with Crippen molar-refractivity contribution in [1.82, 2.24) is 4.98 Å². The van der Waals surface area contributed by atoms with E-state index >= 15 is 0 Å². The number of anilines is 1. The molecule has 1 heterocycles. The van der Waals surface area contributed by atoms with Gasteiger partial charge in [0.15, 0.2) is 0 Å². The van der Waals surface area contributed by atoms with E-state index in [-0.39, 0.29) is 24.4 Å². The minimum Gasteiger partial charge on any atom is -0.459 e. The van der Waals surface area contributed by atoms with E-state index in [9.17, 15) is 9.59 Å². The number of halogens is 1. The number of nitrogens with zero attached hydrogens (tertiary/aromatic N) is 1. The molecule has 0 aliphatic heterocycles. The van der Waals surface area contributed by atoms with Gasteiger partial charge in [-0.05, 0) is 50.2 Å². The Balaban J connectivity index is 1.59. The topological polar surface area (TPSA) is 68.3 Å². The maximum atomic E-state index is 12.3. The normalized spacial score (nSPS) is 10.7. The first-order valence-corrected chi connectivity index (χ1v) is 9.97. The number of esters is 1.